The van der Waals surface area contributed by atoms with Gasteiger partial charge in [0.05, 0.1) is 17.5 Å². The van der Waals surface area contributed by atoms with Crippen LogP contribution >= 0.6 is 0 Å². The number of aromatic nitrogens is 2. The number of hydrogen-bond donors (Lipinski definition) is 0. The molecule has 1 aliphatic rings. The van der Waals surface area contributed by atoms with Gasteiger partial charge in [-0.05, 0) is 33.1 Å². The summed E-state index contributed by atoms with van der Waals surface area (Å²) in [6.07, 6.45) is 2.86. The Hall–Kier alpha value is -0.920. The van der Waals surface area contributed by atoms with Crippen LogP contribution in [0, 0.1) is 0 Å². The predicted molar refractivity (Wildman–Crippen MR) is 84.0 cm³/mol. The highest BCUT2D eigenvalue weighted by molar-refractivity contribution is 7.91. The molecule has 6 nitrogen and oxygen atoms in total. The summed E-state index contributed by atoms with van der Waals surface area (Å²) in [6, 6.07) is 2.36. The summed E-state index contributed by atoms with van der Waals surface area (Å²) in [4.78, 5) is 4.41. The van der Waals surface area contributed by atoms with Crippen molar-refractivity contribution in [2.24, 2.45) is 0 Å². The van der Waals surface area contributed by atoms with Gasteiger partial charge in [-0.3, -0.25) is 9.58 Å². The van der Waals surface area contributed by atoms with E-state index < -0.39 is 9.84 Å². The molecule has 1 unspecified atom stereocenters. The van der Waals surface area contributed by atoms with Gasteiger partial charge in [-0.2, -0.15) is 5.10 Å². The standard InChI is InChI=1S/C14H26N4O2S/c1-4-21(19,20)10-9-17-11-13-5-7-15-18(13)14(12-17)6-8-16(2)3/h5,7,14H,4,6,8-12H2,1-3H3. The van der Waals surface area contributed by atoms with Gasteiger partial charge in [0.1, 0.15) is 0 Å². The first-order valence-corrected chi connectivity index (χ1v) is 9.33. The van der Waals surface area contributed by atoms with Crippen molar-refractivity contribution in [3.05, 3.63) is 18.0 Å². The molecule has 1 aliphatic heterocycles. The van der Waals surface area contributed by atoms with Gasteiger partial charge in [0.2, 0.25) is 0 Å². The van der Waals surface area contributed by atoms with Crippen molar-refractivity contribution in [1.82, 2.24) is 19.6 Å². The van der Waals surface area contributed by atoms with Crippen LogP contribution in [0.5, 0.6) is 0 Å². The smallest absolute Gasteiger partial charge is 0.151 e. The highest BCUT2D eigenvalue weighted by Gasteiger charge is 2.26. The first-order chi connectivity index (χ1) is 9.91. The molecule has 0 saturated carbocycles. The molecular formula is C14H26N4O2S. The maximum absolute atomic E-state index is 11.7. The minimum Gasteiger partial charge on any atom is -0.309 e. The lowest BCUT2D eigenvalue weighted by atomic mass is 10.1. The molecular weight excluding hydrogens is 288 g/mol. The van der Waals surface area contributed by atoms with E-state index in [0.717, 1.165) is 26.1 Å². The Morgan fingerprint density at radius 1 is 1.43 bits per heavy atom. The second-order valence-corrected chi connectivity index (χ2v) is 8.46. The quantitative estimate of drug-likeness (QED) is 0.739. The maximum Gasteiger partial charge on any atom is 0.151 e. The van der Waals surface area contributed by atoms with Gasteiger partial charge in [-0.25, -0.2) is 8.42 Å². The average Bonchev–Trinajstić information content (AvgIpc) is 2.91. The van der Waals surface area contributed by atoms with Crippen LogP contribution in [0.25, 0.3) is 0 Å². The third-order valence-corrected chi connectivity index (χ3v) is 5.70. The zero-order chi connectivity index (χ0) is 15.5. The molecule has 0 amide bonds. The van der Waals surface area contributed by atoms with E-state index in [1.165, 1.54) is 5.69 Å². The molecule has 1 aromatic heterocycles. The maximum atomic E-state index is 11.7. The second kappa shape index (κ2) is 6.89. The Balaban J connectivity index is 2.00. The van der Waals surface area contributed by atoms with Crippen molar-refractivity contribution < 1.29 is 8.42 Å². The summed E-state index contributed by atoms with van der Waals surface area (Å²) in [7, 11) is 1.24. The second-order valence-electron chi connectivity index (χ2n) is 5.98. The molecule has 1 atom stereocenters. The average molecular weight is 314 g/mol. The molecule has 7 heteroatoms. The van der Waals surface area contributed by atoms with E-state index in [2.05, 4.69) is 33.7 Å². The first kappa shape index (κ1) is 16.5. The molecule has 2 heterocycles. The summed E-state index contributed by atoms with van der Waals surface area (Å²) in [6.45, 7) is 4.99. The Kier molecular flexibility index (Phi) is 5.40. The van der Waals surface area contributed by atoms with Crippen LogP contribution in [0.1, 0.15) is 25.1 Å². The van der Waals surface area contributed by atoms with E-state index in [1.54, 1.807) is 6.92 Å². The summed E-state index contributed by atoms with van der Waals surface area (Å²) in [5.41, 5.74) is 1.18. The van der Waals surface area contributed by atoms with Gasteiger partial charge in [0.15, 0.2) is 9.84 Å². The number of hydrogen-bond acceptors (Lipinski definition) is 5. The van der Waals surface area contributed by atoms with Gasteiger partial charge in [-0.1, -0.05) is 6.92 Å². The molecule has 0 saturated heterocycles. The fourth-order valence-corrected chi connectivity index (χ4v) is 3.49. The predicted octanol–water partition coefficient (Wildman–Crippen LogP) is 0.626. The molecule has 120 valence electrons. The summed E-state index contributed by atoms with van der Waals surface area (Å²) >= 11 is 0. The van der Waals surface area contributed by atoms with Gasteiger partial charge < -0.3 is 4.90 Å². The third-order valence-electron chi connectivity index (χ3n) is 4.02. The molecule has 0 radical (unpaired) electrons. The van der Waals surface area contributed by atoms with Gasteiger partial charge in [-0.15, -0.1) is 0 Å². The Morgan fingerprint density at radius 2 is 2.19 bits per heavy atom. The lowest BCUT2D eigenvalue weighted by molar-refractivity contribution is 0.169. The molecule has 0 spiro atoms. The normalized spacial score (nSPS) is 19.9. The molecule has 21 heavy (non-hydrogen) atoms. The van der Waals surface area contributed by atoms with Gasteiger partial charge in [0, 0.05) is 31.6 Å². The first-order valence-electron chi connectivity index (χ1n) is 7.51. The largest absolute Gasteiger partial charge is 0.309 e. The molecule has 0 aromatic carbocycles. The molecule has 0 bridgehead atoms. The van der Waals surface area contributed by atoms with Crippen molar-refractivity contribution in [2.45, 2.75) is 25.9 Å². The summed E-state index contributed by atoms with van der Waals surface area (Å²) in [5.74, 6) is 0.473. The van der Waals surface area contributed by atoms with E-state index in [0.29, 0.717) is 12.6 Å². The van der Waals surface area contributed by atoms with Crippen LogP contribution in [-0.2, 0) is 16.4 Å². The van der Waals surface area contributed by atoms with Crippen molar-refractivity contribution in [3.8, 4) is 0 Å². The summed E-state index contributed by atoms with van der Waals surface area (Å²) in [5, 5.41) is 4.43. The highest BCUT2D eigenvalue weighted by atomic mass is 32.2. The van der Waals surface area contributed by atoms with Gasteiger partial charge in [0.25, 0.3) is 0 Å². The molecule has 0 N–H and O–H groups in total. The van der Waals surface area contributed by atoms with Crippen LogP contribution in [0.3, 0.4) is 0 Å². The molecule has 1 aromatic rings. The highest BCUT2D eigenvalue weighted by Crippen LogP contribution is 2.22. The third kappa shape index (κ3) is 4.52. The number of fused-ring (bicyclic) bond motifs is 1. The fraction of sp³-hybridized carbons (Fsp3) is 0.786. The monoisotopic (exact) mass is 314 g/mol. The van der Waals surface area contributed by atoms with Crippen molar-refractivity contribution in [3.63, 3.8) is 0 Å². The lowest BCUT2D eigenvalue weighted by Gasteiger charge is -2.34. The topological polar surface area (TPSA) is 58.4 Å². The van der Waals surface area contributed by atoms with E-state index in [4.69, 9.17) is 0 Å². The molecule has 0 fully saturated rings. The molecule has 2 rings (SSSR count). The van der Waals surface area contributed by atoms with Crippen molar-refractivity contribution >= 4 is 9.84 Å². The fourth-order valence-electron chi connectivity index (χ4n) is 2.67. The van der Waals surface area contributed by atoms with Crippen LogP contribution in [0.2, 0.25) is 0 Å². The Morgan fingerprint density at radius 3 is 2.86 bits per heavy atom. The van der Waals surface area contributed by atoms with E-state index in [1.807, 2.05) is 12.3 Å². The number of nitrogens with zero attached hydrogens (tertiary/aromatic N) is 4. The van der Waals surface area contributed by atoms with Crippen LogP contribution in [-0.4, -0.2) is 73.2 Å². The van der Waals surface area contributed by atoms with Crippen LogP contribution in [0.15, 0.2) is 12.3 Å². The SMILES string of the molecule is CCS(=O)(=O)CCN1Cc2ccnn2C(CCN(C)C)C1. The molecule has 0 aliphatic carbocycles. The zero-order valence-electron chi connectivity index (χ0n) is 13.2. The Bertz CT molecular complexity index is 553. The lowest BCUT2D eigenvalue weighted by Crippen LogP contribution is -2.40. The zero-order valence-corrected chi connectivity index (χ0v) is 14.0. The summed E-state index contributed by atoms with van der Waals surface area (Å²) < 4.78 is 25.5. The minimum atomic E-state index is -2.90. The minimum absolute atomic E-state index is 0.225. The van der Waals surface area contributed by atoms with Crippen LogP contribution in [0.4, 0.5) is 0 Å². The Labute approximate surface area is 127 Å². The van der Waals surface area contributed by atoms with E-state index in [-0.39, 0.29) is 11.5 Å². The van der Waals surface area contributed by atoms with E-state index >= 15 is 0 Å². The van der Waals surface area contributed by atoms with Crippen molar-refractivity contribution in [2.75, 3.05) is 45.2 Å². The van der Waals surface area contributed by atoms with Crippen molar-refractivity contribution in [1.29, 1.82) is 0 Å². The van der Waals surface area contributed by atoms with Crippen LogP contribution < -0.4 is 0 Å². The number of rotatable bonds is 7. The van der Waals surface area contributed by atoms with E-state index in [9.17, 15) is 8.42 Å². The van der Waals surface area contributed by atoms with Gasteiger partial charge >= 0.3 is 0 Å². The number of sulfone groups is 1.